The van der Waals surface area contributed by atoms with Crippen LogP contribution in [-0.4, -0.2) is 11.3 Å². The van der Waals surface area contributed by atoms with Crippen molar-refractivity contribution >= 4 is 5.71 Å². The molecular formula is C16H21NO2. The molecule has 0 amide bonds. The first-order valence-corrected chi connectivity index (χ1v) is 7.33. The van der Waals surface area contributed by atoms with E-state index in [4.69, 9.17) is 9.25 Å². The van der Waals surface area contributed by atoms with Crippen LogP contribution in [-0.2, 0) is 4.84 Å². The van der Waals surface area contributed by atoms with Crippen molar-refractivity contribution in [3.63, 3.8) is 0 Å². The highest BCUT2D eigenvalue weighted by Gasteiger charge is 2.64. The molecule has 0 radical (unpaired) electrons. The maximum Gasteiger partial charge on any atom is 0.152 e. The Balaban J connectivity index is 1.60. The topological polar surface area (TPSA) is 34.7 Å². The highest BCUT2D eigenvalue weighted by Crippen LogP contribution is 2.65. The summed E-state index contributed by atoms with van der Waals surface area (Å²) >= 11 is 0. The maximum absolute atomic E-state index is 5.97. The van der Waals surface area contributed by atoms with Gasteiger partial charge >= 0.3 is 0 Å². The van der Waals surface area contributed by atoms with Gasteiger partial charge in [0.15, 0.2) is 5.76 Å². The molecule has 5 rings (SSSR count). The summed E-state index contributed by atoms with van der Waals surface area (Å²) in [6, 6.07) is 4.00. The third-order valence-corrected chi connectivity index (χ3v) is 5.85. The van der Waals surface area contributed by atoms with Crippen molar-refractivity contribution in [2.24, 2.45) is 22.4 Å². The molecule has 1 aromatic rings. The van der Waals surface area contributed by atoms with Crippen molar-refractivity contribution in [1.29, 1.82) is 0 Å². The van der Waals surface area contributed by atoms with Gasteiger partial charge in [0.05, 0.1) is 0 Å². The van der Waals surface area contributed by atoms with E-state index >= 15 is 0 Å². The third kappa shape index (κ3) is 1.41. The molecule has 19 heavy (non-hydrogen) atoms. The van der Waals surface area contributed by atoms with Gasteiger partial charge in [0.25, 0.3) is 0 Å². The van der Waals surface area contributed by atoms with Crippen LogP contribution in [0.1, 0.15) is 51.1 Å². The van der Waals surface area contributed by atoms with Crippen LogP contribution in [0.25, 0.3) is 0 Å². The Bertz CT molecular complexity index is 555. The highest BCUT2D eigenvalue weighted by molar-refractivity contribution is 5.99. The first kappa shape index (κ1) is 11.6. The molecule has 3 fully saturated rings. The van der Waals surface area contributed by atoms with Gasteiger partial charge in [-0.3, -0.25) is 0 Å². The van der Waals surface area contributed by atoms with Gasteiger partial charge < -0.3 is 9.25 Å². The molecule has 1 aliphatic heterocycles. The molecule has 3 saturated carbocycles. The Labute approximate surface area is 114 Å². The standard InChI is InChI=1S/C16H21NO2/c1-10-4-5-13(18-10)12-9-16(19-17-12)7-6-11-8-14(16)15(11,2)3/h4-5,11,14H,6-9H2,1-3H3/t11-,14+,16?/m1/s1. The van der Waals surface area contributed by atoms with Crippen LogP contribution >= 0.6 is 0 Å². The largest absolute Gasteiger partial charge is 0.460 e. The summed E-state index contributed by atoms with van der Waals surface area (Å²) < 4.78 is 5.69. The van der Waals surface area contributed by atoms with E-state index in [1.807, 2.05) is 19.1 Å². The average Bonchev–Trinajstić information content (AvgIpc) is 2.96. The summed E-state index contributed by atoms with van der Waals surface area (Å²) in [6.07, 6.45) is 4.66. The van der Waals surface area contributed by atoms with Gasteiger partial charge in [-0.2, -0.15) is 0 Å². The highest BCUT2D eigenvalue weighted by atomic mass is 16.7. The summed E-state index contributed by atoms with van der Waals surface area (Å²) in [5.74, 6) is 3.36. The van der Waals surface area contributed by atoms with E-state index in [-0.39, 0.29) is 5.60 Å². The van der Waals surface area contributed by atoms with Crippen LogP contribution in [0.2, 0.25) is 0 Å². The Hall–Kier alpha value is -1.25. The lowest BCUT2D eigenvalue weighted by Gasteiger charge is -2.62. The Morgan fingerprint density at radius 2 is 2.16 bits per heavy atom. The number of fused-ring (bicyclic) bond motifs is 1. The molecule has 102 valence electrons. The molecule has 0 N–H and O–H groups in total. The normalized spacial score (nSPS) is 38.8. The predicted molar refractivity (Wildman–Crippen MR) is 73.0 cm³/mol. The van der Waals surface area contributed by atoms with Crippen molar-refractivity contribution in [2.45, 2.75) is 52.1 Å². The van der Waals surface area contributed by atoms with E-state index in [0.29, 0.717) is 11.3 Å². The van der Waals surface area contributed by atoms with Crippen LogP contribution in [0.5, 0.6) is 0 Å². The van der Waals surface area contributed by atoms with Gasteiger partial charge in [0.2, 0.25) is 0 Å². The van der Waals surface area contributed by atoms with Crippen molar-refractivity contribution in [2.75, 3.05) is 0 Å². The van der Waals surface area contributed by atoms with Crippen LogP contribution in [0, 0.1) is 24.2 Å². The molecule has 4 aliphatic rings. The lowest BCUT2D eigenvalue weighted by Crippen LogP contribution is -2.61. The second-order valence-corrected chi connectivity index (χ2v) is 7.13. The second kappa shape index (κ2) is 3.44. The molecule has 1 unspecified atom stereocenters. The number of rotatable bonds is 1. The van der Waals surface area contributed by atoms with Crippen molar-refractivity contribution in [3.8, 4) is 0 Å². The van der Waals surface area contributed by atoms with Gasteiger partial charge in [0, 0.05) is 12.3 Å². The molecule has 1 spiro atoms. The summed E-state index contributed by atoms with van der Waals surface area (Å²) in [5, 5.41) is 4.36. The molecule has 3 atom stereocenters. The molecule has 0 aromatic carbocycles. The Morgan fingerprint density at radius 3 is 2.79 bits per heavy atom. The zero-order valence-corrected chi connectivity index (χ0v) is 11.9. The molecule has 2 heterocycles. The maximum atomic E-state index is 5.97. The minimum Gasteiger partial charge on any atom is -0.460 e. The molecule has 1 aromatic heterocycles. The van der Waals surface area contributed by atoms with Crippen LogP contribution in [0.4, 0.5) is 0 Å². The van der Waals surface area contributed by atoms with Gasteiger partial charge in [-0.05, 0) is 49.7 Å². The predicted octanol–water partition coefficient (Wildman–Crippen LogP) is 3.91. The van der Waals surface area contributed by atoms with Crippen LogP contribution in [0.15, 0.2) is 21.7 Å². The monoisotopic (exact) mass is 259 g/mol. The Morgan fingerprint density at radius 1 is 1.32 bits per heavy atom. The van der Waals surface area contributed by atoms with Crippen LogP contribution in [0.3, 0.4) is 0 Å². The van der Waals surface area contributed by atoms with Crippen molar-refractivity contribution in [3.05, 3.63) is 23.7 Å². The number of furan rings is 1. The molecule has 0 saturated heterocycles. The van der Waals surface area contributed by atoms with Gasteiger partial charge in [-0.1, -0.05) is 19.0 Å². The fourth-order valence-corrected chi connectivity index (χ4v) is 4.53. The minimum absolute atomic E-state index is 0.0473. The fraction of sp³-hybridized carbons (Fsp3) is 0.688. The number of hydrogen-bond donors (Lipinski definition) is 0. The number of aryl methyl sites for hydroxylation is 1. The molecule has 2 bridgehead atoms. The molecule has 3 heteroatoms. The average molecular weight is 259 g/mol. The molecule has 3 nitrogen and oxygen atoms in total. The summed E-state index contributed by atoms with van der Waals surface area (Å²) in [6.45, 7) is 6.76. The molecular weight excluding hydrogens is 238 g/mol. The van der Waals surface area contributed by atoms with E-state index in [1.165, 1.54) is 12.8 Å². The van der Waals surface area contributed by atoms with Crippen molar-refractivity contribution < 1.29 is 9.25 Å². The quantitative estimate of drug-likeness (QED) is 0.766. The smallest absolute Gasteiger partial charge is 0.152 e. The second-order valence-electron chi connectivity index (χ2n) is 7.13. The first-order valence-electron chi connectivity index (χ1n) is 7.33. The zero-order valence-electron chi connectivity index (χ0n) is 11.9. The number of nitrogens with zero attached hydrogens (tertiary/aromatic N) is 1. The van der Waals surface area contributed by atoms with E-state index in [0.717, 1.165) is 36.0 Å². The Kier molecular flexibility index (Phi) is 2.09. The van der Waals surface area contributed by atoms with Gasteiger partial charge in [-0.25, -0.2) is 0 Å². The first-order chi connectivity index (χ1) is 9.01. The van der Waals surface area contributed by atoms with Crippen molar-refractivity contribution in [1.82, 2.24) is 0 Å². The third-order valence-electron chi connectivity index (χ3n) is 5.85. The van der Waals surface area contributed by atoms with Gasteiger partial charge in [0.1, 0.15) is 17.1 Å². The summed E-state index contributed by atoms with van der Waals surface area (Å²) in [4.78, 5) is 5.97. The summed E-state index contributed by atoms with van der Waals surface area (Å²) in [7, 11) is 0. The van der Waals surface area contributed by atoms with E-state index in [2.05, 4.69) is 19.0 Å². The number of hydrogen-bond acceptors (Lipinski definition) is 3. The van der Waals surface area contributed by atoms with E-state index in [1.54, 1.807) is 0 Å². The minimum atomic E-state index is -0.0473. The van der Waals surface area contributed by atoms with E-state index < -0.39 is 0 Å². The fourth-order valence-electron chi connectivity index (χ4n) is 4.53. The zero-order chi connectivity index (χ0) is 13.3. The lowest BCUT2D eigenvalue weighted by atomic mass is 9.43. The van der Waals surface area contributed by atoms with E-state index in [9.17, 15) is 0 Å². The summed E-state index contributed by atoms with van der Waals surface area (Å²) in [5.41, 5.74) is 1.37. The number of oxime groups is 1. The molecule has 3 aliphatic carbocycles. The van der Waals surface area contributed by atoms with Crippen LogP contribution < -0.4 is 0 Å². The lowest BCUT2D eigenvalue weighted by molar-refractivity contribution is -0.214. The van der Waals surface area contributed by atoms with Gasteiger partial charge in [-0.15, -0.1) is 0 Å². The SMILES string of the molecule is Cc1ccc(C2=NOC3(CC[C@@H]4C[C@H]3C4(C)C)C2)o1.